The van der Waals surface area contributed by atoms with Gasteiger partial charge in [-0.05, 0) is 49.7 Å². The van der Waals surface area contributed by atoms with E-state index < -0.39 is 0 Å². The molecule has 0 aromatic heterocycles. The topological polar surface area (TPSA) is 30.5 Å². The molecule has 0 atom stereocenters. The van der Waals surface area contributed by atoms with Crippen LogP contribution in [0.5, 0.6) is 11.5 Å². The zero-order chi connectivity index (χ0) is 15.8. The molecule has 0 spiro atoms. The quantitative estimate of drug-likeness (QED) is 0.713. The molecule has 4 heteroatoms. The third-order valence-electron chi connectivity index (χ3n) is 3.40. The fourth-order valence-corrected chi connectivity index (χ4v) is 2.75. The van der Waals surface area contributed by atoms with Crippen molar-refractivity contribution in [3.05, 3.63) is 58.1 Å². The van der Waals surface area contributed by atoms with E-state index in [2.05, 4.69) is 33.4 Å². The molecule has 0 aliphatic carbocycles. The molecule has 0 fully saturated rings. The Labute approximate surface area is 140 Å². The van der Waals surface area contributed by atoms with Crippen LogP contribution in [0.3, 0.4) is 0 Å². The van der Waals surface area contributed by atoms with E-state index in [1.165, 1.54) is 5.56 Å². The molecular formula is C18H22BrNO2. The van der Waals surface area contributed by atoms with Crippen molar-refractivity contribution >= 4 is 15.9 Å². The summed E-state index contributed by atoms with van der Waals surface area (Å²) in [4.78, 5) is 0. The van der Waals surface area contributed by atoms with Crippen LogP contribution in [0.25, 0.3) is 0 Å². The maximum Gasteiger partial charge on any atom is 0.123 e. The maximum atomic E-state index is 5.66. The zero-order valence-electron chi connectivity index (χ0n) is 13.1. The monoisotopic (exact) mass is 363 g/mol. The molecule has 0 amide bonds. The molecule has 0 saturated heterocycles. The van der Waals surface area contributed by atoms with Crippen LogP contribution in [0, 0.1) is 0 Å². The Morgan fingerprint density at radius 3 is 2.64 bits per heavy atom. The lowest BCUT2D eigenvalue weighted by molar-refractivity contribution is 0.335. The SMILES string of the molecule is CCOc1ccc(Br)cc1CNCCc1ccccc1OC. The first-order valence-electron chi connectivity index (χ1n) is 7.48. The first-order chi connectivity index (χ1) is 10.7. The number of ether oxygens (including phenoxy) is 2. The number of hydrogen-bond donors (Lipinski definition) is 1. The zero-order valence-corrected chi connectivity index (χ0v) is 14.7. The smallest absolute Gasteiger partial charge is 0.123 e. The minimum atomic E-state index is 0.676. The van der Waals surface area contributed by atoms with Gasteiger partial charge in [0.2, 0.25) is 0 Å². The van der Waals surface area contributed by atoms with Crippen LogP contribution in [0.4, 0.5) is 0 Å². The summed E-state index contributed by atoms with van der Waals surface area (Å²) in [5, 5.41) is 3.47. The second-order valence-electron chi connectivity index (χ2n) is 4.92. The molecule has 0 saturated carbocycles. The van der Waals surface area contributed by atoms with E-state index in [0.29, 0.717) is 6.61 Å². The van der Waals surface area contributed by atoms with E-state index in [-0.39, 0.29) is 0 Å². The molecule has 0 unspecified atom stereocenters. The molecule has 0 aliphatic heterocycles. The van der Waals surface area contributed by atoms with Crippen LogP contribution in [0.15, 0.2) is 46.9 Å². The Balaban J connectivity index is 1.90. The summed E-state index contributed by atoms with van der Waals surface area (Å²) in [6.45, 7) is 4.35. The largest absolute Gasteiger partial charge is 0.496 e. The van der Waals surface area contributed by atoms with Gasteiger partial charge in [-0.3, -0.25) is 0 Å². The van der Waals surface area contributed by atoms with Crippen LogP contribution < -0.4 is 14.8 Å². The average molecular weight is 364 g/mol. The number of rotatable bonds is 8. The van der Waals surface area contributed by atoms with Crippen molar-refractivity contribution in [2.45, 2.75) is 19.9 Å². The molecule has 0 aliphatic rings. The number of hydrogen-bond acceptors (Lipinski definition) is 3. The Morgan fingerprint density at radius 1 is 1.05 bits per heavy atom. The summed E-state index contributed by atoms with van der Waals surface area (Å²) in [5.41, 5.74) is 2.38. The number of methoxy groups -OCH3 is 1. The third-order valence-corrected chi connectivity index (χ3v) is 3.89. The van der Waals surface area contributed by atoms with Gasteiger partial charge in [-0.2, -0.15) is 0 Å². The molecular weight excluding hydrogens is 342 g/mol. The minimum absolute atomic E-state index is 0.676. The van der Waals surface area contributed by atoms with E-state index in [4.69, 9.17) is 9.47 Å². The molecule has 0 heterocycles. The number of halogens is 1. The van der Waals surface area contributed by atoms with Crippen LogP contribution in [-0.2, 0) is 13.0 Å². The highest BCUT2D eigenvalue weighted by Crippen LogP contribution is 2.23. The Hall–Kier alpha value is -1.52. The molecule has 0 radical (unpaired) electrons. The van der Waals surface area contributed by atoms with E-state index in [1.807, 2.05) is 37.3 Å². The van der Waals surface area contributed by atoms with E-state index >= 15 is 0 Å². The second-order valence-corrected chi connectivity index (χ2v) is 5.84. The predicted octanol–water partition coefficient (Wildman–Crippen LogP) is 4.19. The Bertz CT molecular complexity index is 601. The lowest BCUT2D eigenvalue weighted by atomic mass is 10.1. The molecule has 3 nitrogen and oxygen atoms in total. The van der Waals surface area contributed by atoms with Gasteiger partial charge in [-0.15, -0.1) is 0 Å². The number of benzene rings is 2. The van der Waals surface area contributed by atoms with Gasteiger partial charge in [0, 0.05) is 16.6 Å². The Morgan fingerprint density at radius 2 is 1.86 bits per heavy atom. The molecule has 0 bridgehead atoms. The third kappa shape index (κ3) is 4.75. The van der Waals surface area contributed by atoms with E-state index in [9.17, 15) is 0 Å². The number of para-hydroxylation sites is 1. The van der Waals surface area contributed by atoms with Gasteiger partial charge in [0.1, 0.15) is 11.5 Å². The molecule has 2 rings (SSSR count). The van der Waals surface area contributed by atoms with Crippen molar-refractivity contribution in [3.8, 4) is 11.5 Å². The summed E-state index contributed by atoms with van der Waals surface area (Å²) in [5.74, 6) is 1.89. The van der Waals surface area contributed by atoms with Gasteiger partial charge >= 0.3 is 0 Å². The average Bonchev–Trinajstić information content (AvgIpc) is 2.54. The minimum Gasteiger partial charge on any atom is -0.496 e. The van der Waals surface area contributed by atoms with Crippen molar-refractivity contribution in [2.24, 2.45) is 0 Å². The highest BCUT2D eigenvalue weighted by molar-refractivity contribution is 9.10. The van der Waals surface area contributed by atoms with Gasteiger partial charge in [0.25, 0.3) is 0 Å². The van der Waals surface area contributed by atoms with Crippen molar-refractivity contribution in [3.63, 3.8) is 0 Å². The summed E-state index contributed by atoms with van der Waals surface area (Å²) >= 11 is 3.51. The summed E-state index contributed by atoms with van der Waals surface area (Å²) in [6.07, 6.45) is 0.933. The van der Waals surface area contributed by atoms with Gasteiger partial charge < -0.3 is 14.8 Å². The Kier molecular flexibility index (Phi) is 6.74. The normalized spacial score (nSPS) is 10.5. The lowest BCUT2D eigenvalue weighted by Gasteiger charge is -2.12. The van der Waals surface area contributed by atoms with Crippen molar-refractivity contribution in [1.29, 1.82) is 0 Å². The first kappa shape index (κ1) is 16.8. The fraction of sp³-hybridized carbons (Fsp3) is 0.333. The predicted molar refractivity (Wildman–Crippen MR) is 93.7 cm³/mol. The lowest BCUT2D eigenvalue weighted by Crippen LogP contribution is -2.17. The van der Waals surface area contributed by atoms with Crippen LogP contribution in [0.2, 0.25) is 0 Å². The highest BCUT2D eigenvalue weighted by Gasteiger charge is 2.05. The first-order valence-corrected chi connectivity index (χ1v) is 8.27. The highest BCUT2D eigenvalue weighted by atomic mass is 79.9. The van der Waals surface area contributed by atoms with Gasteiger partial charge in [0.05, 0.1) is 13.7 Å². The molecule has 2 aromatic carbocycles. The van der Waals surface area contributed by atoms with Crippen molar-refractivity contribution < 1.29 is 9.47 Å². The van der Waals surface area contributed by atoms with Gasteiger partial charge in [-0.1, -0.05) is 34.1 Å². The summed E-state index contributed by atoms with van der Waals surface area (Å²) in [6, 6.07) is 14.2. The molecule has 22 heavy (non-hydrogen) atoms. The van der Waals surface area contributed by atoms with Gasteiger partial charge in [0.15, 0.2) is 0 Å². The van der Waals surface area contributed by atoms with Crippen LogP contribution in [-0.4, -0.2) is 20.3 Å². The molecule has 118 valence electrons. The van der Waals surface area contributed by atoms with Crippen molar-refractivity contribution in [2.75, 3.05) is 20.3 Å². The molecule has 2 aromatic rings. The second kappa shape index (κ2) is 8.81. The molecule has 1 N–H and O–H groups in total. The van der Waals surface area contributed by atoms with Gasteiger partial charge in [-0.25, -0.2) is 0 Å². The maximum absolute atomic E-state index is 5.66. The van der Waals surface area contributed by atoms with Crippen LogP contribution >= 0.6 is 15.9 Å². The standard InChI is InChI=1S/C18H22BrNO2/c1-3-22-18-9-8-16(19)12-15(18)13-20-11-10-14-6-4-5-7-17(14)21-2/h4-9,12,20H,3,10-11,13H2,1-2H3. The van der Waals surface area contributed by atoms with E-state index in [1.54, 1.807) is 7.11 Å². The van der Waals surface area contributed by atoms with Crippen molar-refractivity contribution in [1.82, 2.24) is 5.32 Å². The van der Waals surface area contributed by atoms with E-state index in [0.717, 1.165) is 41.0 Å². The summed E-state index contributed by atoms with van der Waals surface area (Å²) < 4.78 is 12.1. The fourth-order valence-electron chi connectivity index (χ4n) is 2.34. The number of nitrogens with one attached hydrogen (secondary N) is 1. The van der Waals surface area contributed by atoms with Crippen LogP contribution in [0.1, 0.15) is 18.1 Å². The summed E-state index contributed by atoms with van der Waals surface area (Å²) in [7, 11) is 1.71.